The highest BCUT2D eigenvalue weighted by Gasteiger charge is 2.17. The van der Waals surface area contributed by atoms with E-state index in [0.717, 1.165) is 5.56 Å². The van der Waals surface area contributed by atoms with Crippen molar-refractivity contribution in [2.75, 3.05) is 19.0 Å². The van der Waals surface area contributed by atoms with Crippen molar-refractivity contribution in [1.82, 2.24) is 5.32 Å². The molecule has 2 N–H and O–H groups in total. The Balaban J connectivity index is 1.60. The molecule has 3 rings (SSSR count). The van der Waals surface area contributed by atoms with Gasteiger partial charge in [0.2, 0.25) is 0 Å². The van der Waals surface area contributed by atoms with E-state index in [4.69, 9.17) is 9.47 Å². The van der Waals surface area contributed by atoms with Crippen LogP contribution in [0.3, 0.4) is 0 Å². The normalized spacial score (nSPS) is 11.2. The summed E-state index contributed by atoms with van der Waals surface area (Å²) in [4.78, 5) is 37.3. The lowest BCUT2D eigenvalue weighted by Gasteiger charge is -2.16. The van der Waals surface area contributed by atoms with Crippen LogP contribution in [0.25, 0.3) is 0 Å². The van der Waals surface area contributed by atoms with Crippen LogP contribution in [0.1, 0.15) is 39.2 Å². The van der Waals surface area contributed by atoms with Gasteiger partial charge in [-0.05, 0) is 42.8 Å². The molecule has 7 nitrogen and oxygen atoms in total. The van der Waals surface area contributed by atoms with Gasteiger partial charge in [-0.1, -0.05) is 48.5 Å². The number of esters is 1. The molecule has 164 valence electrons. The van der Waals surface area contributed by atoms with E-state index in [-0.39, 0.29) is 17.5 Å². The lowest BCUT2D eigenvalue weighted by Crippen LogP contribution is -2.28. The van der Waals surface area contributed by atoms with E-state index < -0.39 is 18.5 Å². The lowest BCUT2D eigenvalue weighted by molar-refractivity contribution is -0.119. The van der Waals surface area contributed by atoms with Crippen molar-refractivity contribution in [3.8, 4) is 5.75 Å². The molecule has 0 radical (unpaired) electrons. The molecule has 3 aromatic carbocycles. The van der Waals surface area contributed by atoms with Gasteiger partial charge in [-0.3, -0.25) is 9.59 Å². The Bertz CT molecular complexity index is 1100. The number of benzene rings is 3. The molecule has 0 spiro atoms. The third kappa shape index (κ3) is 5.95. The molecule has 32 heavy (non-hydrogen) atoms. The van der Waals surface area contributed by atoms with Crippen molar-refractivity contribution in [2.24, 2.45) is 0 Å². The summed E-state index contributed by atoms with van der Waals surface area (Å²) in [6, 6.07) is 22.4. The molecule has 0 aromatic heterocycles. The van der Waals surface area contributed by atoms with E-state index in [9.17, 15) is 14.4 Å². The van der Waals surface area contributed by atoms with E-state index in [2.05, 4.69) is 10.6 Å². The van der Waals surface area contributed by atoms with Gasteiger partial charge in [0.15, 0.2) is 6.61 Å². The highest BCUT2D eigenvalue weighted by molar-refractivity contribution is 6.04. The second-order valence-corrected chi connectivity index (χ2v) is 7.01. The van der Waals surface area contributed by atoms with Gasteiger partial charge in [-0.2, -0.15) is 0 Å². The molecule has 0 heterocycles. The maximum Gasteiger partial charge on any atom is 0.338 e. The number of rotatable bonds is 8. The summed E-state index contributed by atoms with van der Waals surface area (Å²) in [7, 11) is 1.49. The fourth-order valence-electron chi connectivity index (χ4n) is 3.04. The predicted octanol–water partition coefficient (Wildman–Crippen LogP) is 3.98. The number of carbonyl (C=O) groups excluding carboxylic acids is 3. The van der Waals surface area contributed by atoms with Crippen LogP contribution in [0.15, 0.2) is 78.9 Å². The minimum absolute atomic E-state index is 0.212. The van der Waals surface area contributed by atoms with Crippen molar-refractivity contribution in [3.63, 3.8) is 0 Å². The number of para-hydroxylation sites is 1. The molecule has 2 amide bonds. The fraction of sp³-hybridized carbons (Fsp3) is 0.160. The molecule has 0 saturated heterocycles. The van der Waals surface area contributed by atoms with Gasteiger partial charge < -0.3 is 20.1 Å². The minimum atomic E-state index is -0.651. The zero-order chi connectivity index (χ0) is 22.9. The van der Waals surface area contributed by atoms with Gasteiger partial charge in [-0.15, -0.1) is 0 Å². The van der Waals surface area contributed by atoms with Crippen LogP contribution < -0.4 is 15.4 Å². The number of hydrogen-bond acceptors (Lipinski definition) is 5. The smallest absolute Gasteiger partial charge is 0.338 e. The highest BCUT2D eigenvalue weighted by Crippen LogP contribution is 2.18. The van der Waals surface area contributed by atoms with Crippen LogP contribution in [-0.2, 0) is 9.53 Å². The average Bonchev–Trinajstić information content (AvgIpc) is 2.83. The molecule has 7 heteroatoms. The second-order valence-electron chi connectivity index (χ2n) is 7.01. The maximum absolute atomic E-state index is 12.8. The zero-order valence-electron chi connectivity index (χ0n) is 17.8. The first-order chi connectivity index (χ1) is 15.5. The Labute approximate surface area is 186 Å². The summed E-state index contributed by atoms with van der Waals surface area (Å²) in [6.45, 7) is 1.39. The molecular weight excluding hydrogens is 408 g/mol. The Morgan fingerprint density at radius 2 is 1.62 bits per heavy atom. The van der Waals surface area contributed by atoms with Crippen LogP contribution in [0.4, 0.5) is 5.69 Å². The summed E-state index contributed by atoms with van der Waals surface area (Å²) in [5, 5.41) is 5.55. The molecule has 3 aromatic rings. The number of ether oxygens (including phenoxy) is 2. The zero-order valence-corrected chi connectivity index (χ0v) is 17.8. The molecule has 0 bridgehead atoms. The van der Waals surface area contributed by atoms with Crippen LogP contribution in [0, 0.1) is 0 Å². The van der Waals surface area contributed by atoms with Crippen molar-refractivity contribution in [1.29, 1.82) is 0 Å². The Hall–Kier alpha value is -4.13. The maximum atomic E-state index is 12.8. The number of amides is 2. The molecular formula is C25H24N2O5. The Morgan fingerprint density at radius 1 is 0.906 bits per heavy atom. The number of hydrogen-bond donors (Lipinski definition) is 2. The molecule has 0 aliphatic carbocycles. The second kappa shape index (κ2) is 10.8. The topological polar surface area (TPSA) is 93.7 Å². The third-order valence-electron chi connectivity index (χ3n) is 4.73. The van der Waals surface area contributed by atoms with E-state index >= 15 is 0 Å². The van der Waals surface area contributed by atoms with E-state index in [1.165, 1.54) is 13.2 Å². The first kappa shape index (κ1) is 22.6. The van der Waals surface area contributed by atoms with Crippen molar-refractivity contribution in [2.45, 2.75) is 13.0 Å². The van der Waals surface area contributed by atoms with E-state index in [1.54, 1.807) is 42.5 Å². The largest absolute Gasteiger partial charge is 0.497 e. The third-order valence-corrected chi connectivity index (χ3v) is 4.73. The first-order valence-electron chi connectivity index (χ1n) is 10.0. The molecule has 0 unspecified atom stereocenters. The van der Waals surface area contributed by atoms with Crippen molar-refractivity contribution < 1.29 is 23.9 Å². The van der Waals surface area contributed by atoms with Crippen LogP contribution >= 0.6 is 0 Å². The average molecular weight is 432 g/mol. The standard InChI is InChI=1S/C25H24N2O5/c1-17(18-9-4-3-5-10-18)26-24(29)21-13-6-7-14-22(21)27-23(28)16-32-25(30)19-11-8-12-20(15-19)31-2/h3-15,17H,16H2,1-2H3,(H,26,29)(H,27,28)/t17-/m1/s1. The van der Waals surface area contributed by atoms with E-state index in [1.807, 2.05) is 37.3 Å². The summed E-state index contributed by atoms with van der Waals surface area (Å²) >= 11 is 0. The van der Waals surface area contributed by atoms with E-state index in [0.29, 0.717) is 17.0 Å². The molecule has 0 fully saturated rings. The SMILES string of the molecule is COc1cccc(C(=O)OCC(=O)Nc2ccccc2C(=O)N[C@H](C)c2ccccc2)c1. The van der Waals surface area contributed by atoms with Gasteiger partial charge >= 0.3 is 5.97 Å². The quantitative estimate of drug-likeness (QED) is 0.525. The lowest BCUT2D eigenvalue weighted by atomic mass is 10.1. The van der Waals surface area contributed by atoms with Crippen molar-refractivity contribution in [3.05, 3.63) is 95.6 Å². The number of carbonyl (C=O) groups is 3. The van der Waals surface area contributed by atoms with Gasteiger partial charge in [0, 0.05) is 0 Å². The monoisotopic (exact) mass is 432 g/mol. The predicted molar refractivity (Wildman–Crippen MR) is 121 cm³/mol. The number of nitrogens with one attached hydrogen (secondary N) is 2. The highest BCUT2D eigenvalue weighted by atomic mass is 16.5. The number of anilines is 1. The molecule has 0 aliphatic heterocycles. The summed E-state index contributed by atoms with van der Waals surface area (Å²) in [5.41, 5.74) is 1.87. The van der Waals surface area contributed by atoms with Crippen LogP contribution in [-0.4, -0.2) is 31.5 Å². The first-order valence-corrected chi connectivity index (χ1v) is 10.0. The summed E-state index contributed by atoms with van der Waals surface area (Å²) < 4.78 is 10.2. The van der Waals surface area contributed by atoms with Crippen molar-refractivity contribution >= 4 is 23.5 Å². The van der Waals surface area contributed by atoms with Crippen LogP contribution in [0.2, 0.25) is 0 Å². The van der Waals surface area contributed by atoms with Gasteiger partial charge in [0.25, 0.3) is 11.8 Å². The van der Waals surface area contributed by atoms with Gasteiger partial charge in [0.05, 0.1) is 30.0 Å². The molecule has 0 saturated carbocycles. The summed E-state index contributed by atoms with van der Waals surface area (Å²) in [5.74, 6) is -1.03. The minimum Gasteiger partial charge on any atom is -0.497 e. The molecule has 0 aliphatic rings. The Morgan fingerprint density at radius 3 is 2.38 bits per heavy atom. The number of methoxy groups -OCH3 is 1. The van der Waals surface area contributed by atoms with Gasteiger partial charge in [0.1, 0.15) is 5.75 Å². The Kier molecular flexibility index (Phi) is 7.59. The fourth-order valence-corrected chi connectivity index (χ4v) is 3.04. The van der Waals surface area contributed by atoms with Crippen LogP contribution in [0.5, 0.6) is 5.75 Å². The van der Waals surface area contributed by atoms with Gasteiger partial charge in [-0.25, -0.2) is 4.79 Å². The summed E-state index contributed by atoms with van der Waals surface area (Å²) in [6.07, 6.45) is 0. The molecule has 1 atom stereocenters.